The number of rotatable bonds is 10. The first-order valence-corrected chi connectivity index (χ1v) is 13.0. The van der Waals surface area contributed by atoms with Gasteiger partial charge in [0.2, 0.25) is 0 Å². The quantitative estimate of drug-likeness (QED) is 0.317. The molecular formula is C29H32F3N3O5. The maximum absolute atomic E-state index is 14.2. The molecule has 3 aromatic rings. The zero-order valence-corrected chi connectivity index (χ0v) is 22.2. The average molecular weight is 560 g/mol. The smallest absolute Gasteiger partial charge is 0.418 e. The highest BCUT2D eigenvalue weighted by Gasteiger charge is 2.37. The van der Waals surface area contributed by atoms with Crippen molar-refractivity contribution in [2.75, 3.05) is 29.9 Å². The van der Waals surface area contributed by atoms with Crippen LogP contribution in [-0.2, 0) is 23.8 Å². The van der Waals surface area contributed by atoms with Gasteiger partial charge < -0.3 is 29.7 Å². The third-order valence-electron chi connectivity index (χ3n) is 6.74. The van der Waals surface area contributed by atoms with Crippen molar-refractivity contribution in [2.45, 2.75) is 51.4 Å². The van der Waals surface area contributed by atoms with Gasteiger partial charge in [-0.15, -0.1) is 0 Å². The monoisotopic (exact) mass is 559 g/mol. The van der Waals surface area contributed by atoms with Gasteiger partial charge in [-0.05, 0) is 62.2 Å². The molecular weight excluding hydrogens is 527 g/mol. The van der Waals surface area contributed by atoms with Gasteiger partial charge in [-0.2, -0.15) is 13.2 Å². The lowest BCUT2D eigenvalue weighted by molar-refractivity contribution is -0.137. The molecule has 0 unspecified atom stereocenters. The van der Waals surface area contributed by atoms with Crippen molar-refractivity contribution in [3.63, 3.8) is 0 Å². The van der Waals surface area contributed by atoms with Gasteiger partial charge in [0.25, 0.3) is 5.91 Å². The fraction of sp³-hybridized carbons (Fsp3) is 0.379. The van der Waals surface area contributed by atoms with Gasteiger partial charge in [0.15, 0.2) is 0 Å². The largest absolute Gasteiger partial charge is 0.493 e. The zero-order chi connectivity index (χ0) is 29.0. The second kappa shape index (κ2) is 12.0. The molecule has 1 fully saturated rings. The Morgan fingerprint density at radius 2 is 1.85 bits per heavy atom. The maximum atomic E-state index is 14.2. The number of benzene rings is 2. The Bertz CT molecular complexity index is 1350. The molecule has 1 aliphatic heterocycles. The molecule has 8 nitrogen and oxygen atoms in total. The molecule has 3 N–H and O–H groups in total. The molecule has 0 aliphatic carbocycles. The third kappa shape index (κ3) is 6.77. The molecule has 0 saturated carbocycles. The van der Waals surface area contributed by atoms with Crippen molar-refractivity contribution in [3.05, 3.63) is 77.1 Å². The average Bonchev–Trinajstić information content (AvgIpc) is 3.50. The summed E-state index contributed by atoms with van der Waals surface area (Å²) in [5.41, 5.74) is -0.474. The lowest BCUT2D eigenvalue weighted by Crippen LogP contribution is -2.25. The Labute approximate surface area is 230 Å². The van der Waals surface area contributed by atoms with E-state index in [0.29, 0.717) is 25.2 Å². The number of aliphatic carboxylic acids is 1. The summed E-state index contributed by atoms with van der Waals surface area (Å²) in [5.74, 6) is -1.28. The number of hydrogen-bond acceptors (Lipinski definition) is 5. The summed E-state index contributed by atoms with van der Waals surface area (Å²) >= 11 is 0. The summed E-state index contributed by atoms with van der Waals surface area (Å²) in [7, 11) is 0. The topological polar surface area (TPSA) is 104 Å². The number of carboxylic acids is 1. The number of ether oxygens (including phenoxy) is 1. The number of alkyl halides is 3. The molecule has 40 heavy (non-hydrogen) atoms. The van der Waals surface area contributed by atoms with Gasteiger partial charge in [-0.25, -0.2) is 0 Å². The maximum Gasteiger partial charge on any atom is 0.418 e. The summed E-state index contributed by atoms with van der Waals surface area (Å²) in [5, 5.41) is 21.7. The number of aliphatic hydroxyl groups is 1. The van der Waals surface area contributed by atoms with Gasteiger partial charge >= 0.3 is 12.1 Å². The van der Waals surface area contributed by atoms with Gasteiger partial charge in [-0.1, -0.05) is 18.2 Å². The molecule has 1 saturated heterocycles. The second-order valence-electron chi connectivity index (χ2n) is 10.0. The SMILES string of the molecule is CC(C)n1c(CCOc2ccccc2)ccc1C(=O)Nc1cc(CC(=O)O)c(N2CC[C@@H](O)C2)cc1C(F)(F)F. The predicted octanol–water partition coefficient (Wildman–Crippen LogP) is 5.16. The Balaban J connectivity index is 1.63. The number of para-hydroxylation sites is 1. The Hall–Kier alpha value is -3.99. The van der Waals surface area contributed by atoms with Gasteiger partial charge in [-0.3, -0.25) is 9.59 Å². The molecule has 0 spiro atoms. The van der Waals surface area contributed by atoms with Gasteiger partial charge in [0.1, 0.15) is 11.4 Å². The number of nitrogens with zero attached hydrogens (tertiary/aromatic N) is 2. The highest BCUT2D eigenvalue weighted by molar-refractivity contribution is 6.04. The molecule has 2 aromatic carbocycles. The van der Waals surface area contributed by atoms with Crippen LogP contribution in [0.2, 0.25) is 0 Å². The minimum absolute atomic E-state index is 0.0792. The number of carbonyl (C=O) groups excluding carboxylic acids is 1. The first-order valence-electron chi connectivity index (χ1n) is 13.0. The minimum atomic E-state index is -4.82. The zero-order valence-electron chi connectivity index (χ0n) is 22.2. The molecule has 2 heterocycles. The van der Waals surface area contributed by atoms with Crippen LogP contribution in [0, 0.1) is 0 Å². The molecule has 0 radical (unpaired) electrons. The van der Waals surface area contributed by atoms with E-state index in [4.69, 9.17) is 4.74 Å². The van der Waals surface area contributed by atoms with Crippen LogP contribution in [0.4, 0.5) is 24.5 Å². The summed E-state index contributed by atoms with van der Waals surface area (Å²) in [6.45, 7) is 4.45. The van der Waals surface area contributed by atoms with E-state index in [9.17, 15) is 33.0 Å². The molecule has 214 valence electrons. The van der Waals surface area contributed by atoms with E-state index in [1.165, 1.54) is 4.90 Å². The Kier molecular flexibility index (Phi) is 8.73. The van der Waals surface area contributed by atoms with E-state index in [1.54, 1.807) is 16.7 Å². The number of amides is 1. The highest BCUT2D eigenvalue weighted by Crippen LogP contribution is 2.40. The normalized spacial score (nSPS) is 15.5. The van der Waals surface area contributed by atoms with Crippen molar-refractivity contribution in [2.24, 2.45) is 0 Å². The number of carbonyl (C=O) groups is 2. The number of anilines is 2. The fourth-order valence-corrected chi connectivity index (χ4v) is 5.00. The molecule has 11 heteroatoms. The summed E-state index contributed by atoms with van der Waals surface area (Å²) in [6, 6.07) is 14.3. The number of halogens is 3. The summed E-state index contributed by atoms with van der Waals surface area (Å²) in [6.07, 6.45) is -5.26. The number of hydrogen-bond donors (Lipinski definition) is 3. The molecule has 1 aliphatic rings. The van der Waals surface area contributed by atoms with E-state index in [-0.39, 0.29) is 36.1 Å². The molecule has 1 amide bonds. The van der Waals surface area contributed by atoms with Gasteiger partial charge in [0.05, 0.1) is 30.4 Å². The first kappa shape index (κ1) is 29.0. The first-order chi connectivity index (χ1) is 18.9. The number of β-amino-alcohol motifs (C(OH)–C–C–N with tert-alkyl or cyclic N) is 1. The molecule has 4 rings (SSSR count). The van der Waals surface area contributed by atoms with Crippen LogP contribution in [0.15, 0.2) is 54.6 Å². The standard InChI is InChI=1S/C29H32F3N3O5/c1-18(2)35-20(11-13-40-22-6-4-3-5-7-22)8-9-25(35)28(39)33-24-14-19(15-27(37)38)26(16-23(24)29(30,31)32)34-12-10-21(36)17-34/h3-9,14,16,18,21,36H,10-13,15,17H2,1-2H3,(H,33,39)(H,37,38)/t21-/m1/s1. The van der Waals surface area contributed by atoms with E-state index in [1.807, 2.05) is 44.2 Å². The van der Waals surface area contributed by atoms with Crippen LogP contribution >= 0.6 is 0 Å². The second-order valence-corrected chi connectivity index (χ2v) is 10.0. The number of carboxylic acid groups (broad SMARTS) is 1. The van der Waals surface area contributed by atoms with Crippen LogP contribution in [0.25, 0.3) is 0 Å². The van der Waals surface area contributed by atoms with Crippen molar-refractivity contribution < 1.29 is 37.7 Å². The van der Waals surface area contributed by atoms with Crippen LogP contribution in [0.3, 0.4) is 0 Å². The summed E-state index contributed by atoms with van der Waals surface area (Å²) in [4.78, 5) is 26.4. The lowest BCUT2D eigenvalue weighted by Gasteiger charge is -2.25. The van der Waals surface area contributed by atoms with Gasteiger partial charge in [0, 0.05) is 36.9 Å². The molecule has 1 atom stereocenters. The Morgan fingerprint density at radius 3 is 2.45 bits per heavy atom. The summed E-state index contributed by atoms with van der Waals surface area (Å²) < 4.78 is 50.0. The molecule has 0 bridgehead atoms. The van der Waals surface area contributed by atoms with Crippen molar-refractivity contribution in [1.82, 2.24) is 4.57 Å². The Morgan fingerprint density at radius 1 is 1.12 bits per heavy atom. The van der Waals surface area contributed by atoms with Crippen LogP contribution in [0.1, 0.15) is 53.6 Å². The van der Waals surface area contributed by atoms with Crippen LogP contribution in [-0.4, -0.2) is 52.5 Å². The fourth-order valence-electron chi connectivity index (χ4n) is 5.00. The van der Waals surface area contributed by atoms with E-state index in [0.717, 1.165) is 17.8 Å². The number of aliphatic hydroxyl groups excluding tert-OH is 1. The van der Waals surface area contributed by atoms with Crippen LogP contribution < -0.4 is 15.0 Å². The van der Waals surface area contributed by atoms with Crippen molar-refractivity contribution in [3.8, 4) is 5.75 Å². The molecule has 1 aromatic heterocycles. The van der Waals surface area contributed by atoms with E-state index >= 15 is 0 Å². The van der Waals surface area contributed by atoms with Crippen LogP contribution in [0.5, 0.6) is 5.75 Å². The van der Waals surface area contributed by atoms with Crippen molar-refractivity contribution >= 4 is 23.3 Å². The number of nitrogens with one attached hydrogen (secondary N) is 1. The third-order valence-corrected chi connectivity index (χ3v) is 6.74. The minimum Gasteiger partial charge on any atom is -0.493 e. The number of aromatic nitrogens is 1. The van der Waals surface area contributed by atoms with E-state index < -0.39 is 41.8 Å². The lowest BCUT2D eigenvalue weighted by atomic mass is 10.0. The van der Waals surface area contributed by atoms with E-state index in [2.05, 4.69) is 5.32 Å². The van der Waals surface area contributed by atoms with Crippen molar-refractivity contribution in [1.29, 1.82) is 0 Å². The predicted molar refractivity (Wildman–Crippen MR) is 144 cm³/mol. The highest BCUT2D eigenvalue weighted by atomic mass is 19.4.